The zero-order valence-electron chi connectivity index (χ0n) is 14.1. The molecule has 0 aliphatic carbocycles. The Morgan fingerprint density at radius 2 is 1.92 bits per heavy atom. The fraction of sp³-hybridized carbons (Fsp3) is 0.200. The van der Waals surface area contributed by atoms with Gasteiger partial charge < -0.3 is 9.47 Å². The molecule has 1 aliphatic heterocycles. The molecule has 0 N–H and O–H groups in total. The average Bonchev–Trinajstić information content (AvgIpc) is 3.32. The van der Waals surface area contributed by atoms with Gasteiger partial charge in [-0.05, 0) is 23.8 Å². The molecule has 0 saturated heterocycles. The van der Waals surface area contributed by atoms with Crippen molar-refractivity contribution in [2.24, 2.45) is 4.99 Å². The van der Waals surface area contributed by atoms with Crippen LogP contribution in [0.5, 0.6) is 0 Å². The van der Waals surface area contributed by atoms with E-state index >= 15 is 0 Å². The van der Waals surface area contributed by atoms with Gasteiger partial charge in [0.1, 0.15) is 5.84 Å². The molecule has 1 unspecified atom stereocenters. The number of hydrogen-bond donors (Lipinski definition) is 0. The van der Waals surface area contributed by atoms with E-state index in [2.05, 4.69) is 38.7 Å². The summed E-state index contributed by atoms with van der Waals surface area (Å²) in [7, 11) is 0. The van der Waals surface area contributed by atoms with E-state index in [0.29, 0.717) is 10.0 Å². The zero-order chi connectivity index (χ0) is 17.9. The van der Waals surface area contributed by atoms with E-state index < -0.39 is 0 Å². The van der Waals surface area contributed by atoms with Crippen molar-refractivity contribution < 1.29 is 0 Å². The van der Waals surface area contributed by atoms with Crippen LogP contribution in [-0.2, 0) is 6.54 Å². The molecule has 0 radical (unpaired) electrons. The van der Waals surface area contributed by atoms with Crippen molar-refractivity contribution in [3.8, 4) is 0 Å². The summed E-state index contributed by atoms with van der Waals surface area (Å²) in [6.07, 6.45) is 5.61. The van der Waals surface area contributed by atoms with Crippen LogP contribution in [0.2, 0.25) is 10.0 Å². The van der Waals surface area contributed by atoms with E-state index in [0.717, 1.165) is 31.2 Å². The van der Waals surface area contributed by atoms with Crippen molar-refractivity contribution in [2.75, 3.05) is 18.0 Å². The van der Waals surface area contributed by atoms with Crippen molar-refractivity contribution >= 4 is 34.7 Å². The number of amidine groups is 1. The van der Waals surface area contributed by atoms with Crippen LogP contribution < -0.4 is 4.90 Å². The second-order valence-electron chi connectivity index (χ2n) is 6.21. The number of halogens is 2. The van der Waals surface area contributed by atoms with E-state index in [9.17, 15) is 0 Å². The normalized spacial score (nSPS) is 15.2. The molecule has 0 spiro atoms. The van der Waals surface area contributed by atoms with Gasteiger partial charge in [0.05, 0.1) is 29.5 Å². The Morgan fingerprint density at radius 3 is 2.65 bits per heavy atom. The quantitative estimate of drug-likeness (QED) is 0.627. The fourth-order valence-corrected chi connectivity index (χ4v) is 3.84. The Kier molecular flexibility index (Phi) is 4.96. The molecule has 0 bridgehead atoms. The van der Waals surface area contributed by atoms with E-state index in [1.807, 2.05) is 30.7 Å². The van der Waals surface area contributed by atoms with E-state index in [1.54, 1.807) is 12.3 Å². The van der Waals surface area contributed by atoms with Crippen LogP contribution in [0, 0.1) is 0 Å². The minimum Gasteiger partial charge on any atom is -0.336 e. The number of aliphatic imine (C=N–C) groups is 1. The van der Waals surface area contributed by atoms with Gasteiger partial charge in [-0.25, -0.2) is 4.98 Å². The molecule has 3 aromatic rings. The lowest BCUT2D eigenvalue weighted by molar-refractivity contribution is 0.654. The number of benzene rings is 2. The van der Waals surface area contributed by atoms with Gasteiger partial charge in [-0.1, -0.05) is 53.5 Å². The summed E-state index contributed by atoms with van der Waals surface area (Å²) in [4.78, 5) is 11.2. The van der Waals surface area contributed by atoms with E-state index in [1.165, 1.54) is 5.56 Å². The standard InChI is InChI=1S/C20H18Cl2N4/c21-16-6-7-19(18(22)12-16)26-11-9-24-20(26)17(13-25-10-8-23-14-25)15-4-2-1-3-5-15/h1-8,10,12,14,17H,9,11,13H2. The molecule has 1 atom stereocenters. The Labute approximate surface area is 162 Å². The van der Waals surface area contributed by atoms with Gasteiger partial charge in [0.15, 0.2) is 0 Å². The van der Waals surface area contributed by atoms with Gasteiger partial charge in [0, 0.05) is 30.5 Å². The van der Waals surface area contributed by atoms with Crippen LogP contribution in [0.1, 0.15) is 11.5 Å². The lowest BCUT2D eigenvalue weighted by Crippen LogP contribution is -2.34. The predicted molar refractivity (Wildman–Crippen MR) is 108 cm³/mol. The van der Waals surface area contributed by atoms with Gasteiger partial charge >= 0.3 is 0 Å². The molecule has 132 valence electrons. The average molecular weight is 385 g/mol. The Morgan fingerprint density at radius 1 is 1.08 bits per heavy atom. The summed E-state index contributed by atoms with van der Waals surface area (Å²) in [6.45, 7) is 2.33. The smallest absolute Gasteiger partial charge is 0.113 e. The summed E-state index contributed by atoms with van der Waals surface area (Å²) in [5.74, 6) is 1.13. The van der Waals surface area contributed by atoms with Crippen LogP contribution in [0.25, 0.3) is 0 Å². The number of imidazole rings is 1. The number of rotatable bonds is 5. The molecule has 2 aromatic carbocycles. The molecule has 0 saturated carbocycles. The maximum absolute atomic E-state index is 6.47. The van der Waals surface area contributed by atoms with Gasteiger partial charge in [0.2, 0.25) is 0 Å². The third-order valence-corrected chi connectivity index (χ3v) is 5.08. The van der Waals surface area contributed by atoms with Crippen molar-refractivity contribution in [1.29, 1.82) is 0 Å². The number of anilines is 1. The predicted octanol–water partition coefficient (Wildman–Crippen LogP) is 4.89. The summed E-state index contributed by atoms with van der Waals surface area (Å²) in [5.41, 5.74) is 2.16. The number of hydrogen-bond acceptors (Lipinski definition) is 3. The van der Waals surface area contributed by atoms with Crippen molar-refractivity contribution in [1.82, 2.24) is 9.55 Å². The first-order valence-corrected chi connectivity index (χ1v) is 9.25. The molecule has 26 heavy (non-hydrogen) atoms. The zero-order valence-corrected chi connectivity index (χ0v) is 15.6. The summed E-state index contributed by atoms with van der Waals surface area (Å²) < 4.78 is 2.08. The maximum Gasteiger partial charge on any atom is 0.113 e. The third-order valence-electron chi connectivity index (χ3n) is 4.54. The minimum atomic E-state index is 0.111. The van der Waals surface area contributed by atoms with Crippen LogP contribution in [0.3, 0.4) is 0 Å². The molecule has 4 rings (SSSR count). The maximum atomic E-state index is 6.47. The molecule has 1 aromatic heterocycles. The second-order valence-corrected chi connectivity index (χ2v) is 7.05. The van der Waals surface area contributed by atoms with Crippen LogP contribution in [-0.4, -0.2) is 28.5 Å². The summed E-state index contributed by atoms with van der Waals surface area (Å²) in [5, 5.41) is 1.27. The molecular formula is C20H18Cl2N4. The topological polar surface area (TPSA) is 33.4 Å². The van der Waals surface area contributed by atoms with Crippen LogP contribution in [0.15, 0.2) is 72.2 Å². The van der Waals surface area contributed by atoms with Crippen molar-refractivity contribution in [3.05, 3.63) is 82.9 Å². The summed E-state index contributed by atoms with van der Waals surface area (Å²) >= 11 is 12.5. The molecule has 0 amide bonds. The molecular weight excluding hydrogens is 367 g/mol. The monoisotopic (exact) mass is 384 g/mol. The minimum absolute atomic E-state index is 0.111. The van der Waals surface area contributed by atoms with Crippen molar-refractivity contribution in [3.63, 3.8) is 0 Å². The van der Waals surface area contributed by atoms with Gasteiger partial charge in [-0.15, -0.1) is 0 Å². The lowest BCUT2D eigenvalue weighted by atomic mass is 9.96. The Hall–Kier alpha value is -2.30. The van der Waals surface area contributed by atoms with Gasteiger partial charge in [0.25, 0.3) is 0 Å². The van der Waals surface area contributed by atoms with Crippen LogP contribution in [0.4, 0.5) is 5.69 Å². The van der Waals surface area contributed by atoms with Gasteiger partial charge in [-0.3, -0.25) is 4.99 Å². The first kappa shape index (κ1) is 17.1. The third kappa shape index (κ3) is 3.48. The highest BCUT2D eigenvalue weighted by Gasteiger charge is 2.29. The molecule has 0 fully saturated rings. The first-order valence-electron chi connectivity index (χ1n) is 8.50. The Balaban J connectivity index is 1.72. The molecule has 2 heterocycles. The van der Waals surface area contributed by atoms with E-state index in [4.69, 9.17) is 28.2 Å². The summed E-state index contributed by atoms with van der Waals surface area (Å²) in [6, 6.07) is 16.0. The van der Waals surface area contributed by atoms with Gasteiger partial charge in [-0.2, -0.15) is 0 Å². The highest BCUT2D eigenvalue weighted by atomic mass is 35.5. The molecule has 4 nitrogen and oxygen atoms in total. The van der Waals surface area contributed by atoms with Crippen LogP contribution >= 0.6 is 23.2 Å². The molecule has 6 heteroatoms. The Bertz CT molecular complexity index is 907. The second kappa shape index (κ2) is 7.52. The number of aromatic nitrogens is 2. The molecule has 1 aliphatic rings. The highest BCUT2D eigenvalue weighted by Crippen LogP contribution is 2.34. The lowest BCUT2D eigenvalue weighted by Gasteiger charge is -2.28. The van der Waals surface area contributed by atoms with E-state index in [-0.39, 0.29) is 5.92 Å². The largest absolute Gasteiger partial charge is 0.336 e. The first-order chi connectivity index (χ1) is 12.7. The highest BCUT2D eigenvalue weighted by molar-refractivity contribution is 6.37. The fourth-order valence-electron chi connectivity index (χ4n) is 3.33. The SMILES string of the molecule is Clc1ccc(N2CCN=C2C(Cn2ccnc2)c2ccccc2)c(Cl)c1. The number of nitrogens with zero attached hydrogens (tertiary/aromatic N) is 4. The van der Waals surface area contributed by atoms with Crippen molar-refractivity contribution in [2.45, 2.75) is 12.5 Å².